The van der Waals surface area contributed by atoms with Crippen molar-refractivity contribution in [3.8, 4) is 11.4 Å². The number of hydrogen-bond donors (Lipinski definition) is 1. The molecule has 0 bridgehead atoms. The molecule has 0 atom stereocenters. The Labute approximate surface area is 120 Å². The smallest absolute Gasteiger partial charge is 0.311 e. The molecule has 104 valence electrons. The molecule has 2 aromatic rings. The molecule has 3 rings (SSSR count). The zero-order chi connectivity index (χ0) is 14.3. The lowest BCUT2D eigenvalue weighted by Crippen LogP contribution is -2.22. The van der Waals surface area contributed by atoms with Gasteiger partial charge in [-0.3, -0.25) is 4.79 Å². The Morgan fingerprint density at radius 2 is 2.25 bits per heavy atom. The number of nitrogens with zero attached hydrogens (tertiary/aromatic N) is 4. The minimum absolute atomic E-state index is 0.288. The number of carboxylic acid groups (broad SMARTS) is 1. The summed E-state index contributed by atoms with van der Waals surface area (Å²) in [4.78, 5) is 11.3. The van der Waals surface area contributed by atoms with Crippen LogP contribution in [0.5, 0.6) is 0 Å². The fraction of sp³-hybridized carbons (Fsp3) is 0.385. The number of tetrazole rings is 1. The number of hydrogen-bond acceptors (Lipinski definition) is 4. The van der Waals surface area contributed by atoms with Gasteiger partial charge in [0.1, 0.15) is 0 Å². The summed E-state index contributed by atoms with van der Waals surface area (Å²) in [5.74, 6) is -0.237. The van der Waals surface area contributed by atoms with E-state index in [1.807, 2.05) is 19.1 Å². The summed E-state index contributed by atoms with van der Waals surface area (Å²) in [6.45, 7) is 2.18. The molecule has 1 fully saturated rings. The van der Waals surface area contributed by atoms with Crippen LogP contribution < -0.4 is 0 Å². The van der Waals surface area contributed by atoms with Gasteiger partial charge in [-0.25, -0.2) is 4.68 Å². The molecule has 20 heavy (non-hydrogen) atoms. The summed E-state index contributed by atoms with van der Waals surface area (Å²) < 4.78 is 1.56. The third-order valence-corrected chi connectivity index (χ3v) is 4.21. The minimum Gasteiger partial charge on any atom is -0.481 e. The van der Waals surface area contributed by atoms with Gasteiger partial charge in [-0.15, -0.1) is 5.10 Å². The van der Waals surface area contributed by atoms with Crippen molar-refractivity contribution >= 4 is 17.6 Å². The first-order chi connectivity index (χ1) is 9.53. The van der Waals surface area contributed by atoms with Crippen molar-refractivity contribution in [2.24, 2.45) is 5.41 Å². The highest BCUT2D eigenvalue weighted by Crippen LogP contribution is 2.47. The fourth-order valence-corrected chi connectivity index (χ4v) is 2.41. The van der Waals surface area contributed by atoms with E-state index < -0.39 is 11.4 Å². The second-order valence-corrected chi connectivity index (χ2v) is 5.57. The van der Waals surface area contributed by atoms with Gasteiger partial charge in [0.2, 0.25) is 0 Å². The Bertz CT molecular complexity index is 679. The van der Waals surface area contributed by atoms with Crippen LogP contribution in [0.1, 0.15) is 18.4 Å². The maximum Gasteiger partial charge on any atom is 0.311 e. The highest BCUT2D eigenvalue weighted by atomic mass is 35.5. The summed E-state index contributed by atoms with van der Waals surface area (Å²) >= 11 is 6.11. The number of aromatic nitrogens is 4. The highest BCUT2D eigenvalue weighted by molar-refractivity contribution is 6.31. The van der Waals surface area contributed by atoms with Crippen LogP contribution in [0.2, 0.25) is 5.02 Å². The van der Waals surface area contributed by atoms with Crippen molar-refractivity contribution in [1.82, 2.24) is 20.2 Å². The average molecular weight is 293 g/mol. The van der Waals surface area contributed by atoms with Crippen LogP contribution in [0.25, 0.3) is 11.4 Å². The zero-order valence-corrected chi connectivity index (χ0v) is 11.6. The summed E-state index contributed by atoms with van der Waals surface area (Å²) in [6, 6.07) is 5.51. The van der Waals surface area contributed by atoms with Crippen LogP contribution in [0.15, 0.2) is 18.2 Å². The van der Waals surface area contributed by atoms with Crippen molar-refractivity contribution in [3.63, 3.8) is 0 Å². The van der Waals surface area contributed by atoms with Crippen LogP contribution in [0.3, 0.4) is 0 Å². The molecular formula is C13H13ClN4O2. The van der Waals surface area contributed by atoms with E-state index in [2.05, 4.69) is 15.5 Å². The second-order valence-electron chi connectivity index (χ2n) is 5.16. The largest absolute Gasteiger partial charge is 0.481 e. The van der Waals surface area contributed by atoms with Crippen LogP contribution in [0.4, 0.5) is 0 Å². The predicted octanol–water partition coefficient (Wildman–Crippen LogP) is 2.17. The lowest BCUT2D eigenvalue weighted by Gasteiger charge is -2.12. The van der Waals surface area contributed by atoms with Crippen molar-refractivity contribution in [2.45, 2.75) is 26.3 Å². The molecule has 1 aromatic heterocycles. The van der Waals surface area contributed by atoms with Gasteiger partial charge in [0.25, 0.3) is 0 Å². The molecule has 0 amide bonds. The number of benzene rings is 1. The molecule has 1 aliphatic rings. The fourth-order valence-electron chi connectivity index (χ4n) is 2.23. The first kappa shape index (κ1) is 13.1. The van der Waals surface area contributed by atoms with Crippen molar-refractivity contribution in [2.75, 3.05) is 0 Å². The van der Waals surface area contributed by atoms with Gasteiger partial charge in [-0.05, 0) is 41.8 Å². The van der Waals surface area contributed by atoms with Gasteiger partial charge in [0.15, 0.2) is 5.82 Å². The molecule has 6 nitrogen and oxygen atoms in total. The normalized spacial score (nSPS) is 16.1. The number of carboxylic acids is 1. The van der Waals surface area contributed by atoms with Gasteiger partial charge in [-0.1, -0.05) is 23.7 Å². The van der Waals surface area contributed by atoms with E-state index in [0.29, 0.717) is 23.7 Å². The first-order valence-corrected chi connectivity index (χ1v) is 6.66. The lowest BCUT2D eigenvalue weighted by atomic mass is 10.1. The van der Waals surface area contributed by atoms with E-state index in [-0.39, 0.29) is 6.54 Å². The topological polar surface area (TPSA) is 80.9 Å². The average Bonchev–Trinajstić information content (AvgIpc) is 3.06. The summed E-state index contributed by atoms with van der Waals surface area (Å²) in [5, 5.41) is 21.5. The lowest BCUT2D eigenvalue weighted by molar-refractivity contribution is -0.144. The molecular weight excluding hydrogens is 280 g/mol. The van der Waals surface area contributed by atoms with E-state index in [4.69, 9.17) is 11.6 Å². The Kier molecular flexibility index (Phi) is 2.97. The second kappa shape index (κ2) is 4.56. The van der Waals surface area contributed by atoms with Crippen LogP contribution in [-0.2, 0) is 11.3 Å². The summed E-state index contributed by atoms with van der Waals surface area (Å²) in [5.41, 5.74) is 0.991. The third-order valence-electron chi connectivity index (χ3n) is 3.80. The Morgan fingerprint density at radius 3 is 2.90 bits per heavy atom. The maximum atomic E-state index is 11.3. The summed E-state index contributed by atoms with van der Waals surface area (Å²) in [7, 11) is 0. The molecule has 1 aliphatic carbocycles. The standard InChI is InChI=1S/C13H13ClN4O2/c1-8-9(3-2-4-10(8)14)11-15-16-17-18(11)7-13(5-6-13)12(19)20/h2-4H,5-7H2,1H3,(H,19,20). The molecule has 0 unspecified atom stereocenters. The molecule has 1 aromatic carbocycles. The Balaban J connectivity index is 1.99. The van der Waals surface area contributed by atoms with Crippen molar-refractivity contribution < 1.29 is 9.90 Å². The van der Waals surface area contributed by atoms with Gasteiger partial charge in [-0.2, -0.15) is 0 Å². The molecule has 1 N–H and O–H groups in total. The van der Waals surface area contributed by atoms with E-state index >= 15 is 0 Å². The van der Waals surface area contributed by atoms with Crippen LogP contribution >= 0.6 is 11.6 Å². The zero-order valence-electron chi connectivity index (χ0n) is 10.9. The molecule has 1 heterocycles. The highest BCUT2D eigenvalue weighted by Gasteiger charge is 2.51. The number of rotatable bonds is 4. The van der Waals surface area contributed by atoms with E-state index in [1.54, 1.807) is 10.7 Å². The Hall–Kier alpha value is -1.95. The van der Waals surface area contributed by atoms with Gasteiger partial charge in [0.05, 0.1) is 12.0 Å². The molecule has 0 spiro atoms. The van der Waals surface area contributed by atoms with Gasteiger partial charge in [0, 0.05) is 10.6 Å². The molecule has 7 heteroatoms. The van der Waals surface area contributed by atoms with Gasteiger partial charge < -0.3 is 5.11 Å². The van der Waals surface area contributed by atoms with Crippen LogP contribution in [0, 0.1) is 12.3 Å². The van der Waals surface area contributed by atoms with Crippen molar-refractivity contribution in [3.05, 3.63) is 28.8 Å². The minimum atomic E-state index is -0.790. The quantitative estimate of drug-likeness (QED) is 0.934. The third kappa shape index (κ3) is 2.06. The summed E-state index contributed by atoms with van der Waals surface area (Å²) in [6.07, 6.45) is 1.33. The Morgan fingerprint density at radius 1 is 1.50 bits per heavy atom. The SMILES string of the molecule is Cc1c(Cl)cccc1-c1nnnn1CC1(C(=O)O)CC1. The van der Waals surface area contributed by atoms with E-state index in [0.717, 1.165) is 11.1 Å². The van der Waals surface area contributed by atoms with Gasteiger partial charge >= 0.3 is 5.97 Å². The number of halogens is 1. The number of carbonyl (C=O) groups is 1. The molecule has 0 saturated heterocycles. The van der Waals surface area contributed by atoms with Crippen molar-refractivity contribution in [1.29, 1.82) is 0 Å². The van der Waals surface area contributed by atoms with E-state index in [1.165, 1.54) is 0 Å². The maximum absolute atomic E-state index is 11.3. The predicted molar refractivity (Wildman–Crippen MR) is 72.3 cm³/mol. The van der Waals surface area contributed by atoms with E-state index in [9.17, 15) is 9.90 Å². The number of aliphatic carboxylic acids is 1. The molecule has 1 saturated carbocycles. The molecule has 0 radical (unpaired) electrons. The molecule has 0 aliphatic heterocycles. The monoisotopic (exact) mass is 292 g/mol. The van der Waals surface area contributed by atoms with Crippen LogP contribution in [-0.4, -0.2) is 31.3 Å². The first-order valence-electron chi connectivity index (χ1n) is 6.28.